The molecule has 1 aliphatic heterocycles. The molecule has 4 nitrogen and oxygen atoms in total. The Bertz CT molecular complexity index is 267. The average molecular weight is 209 g/mol. The Labute approximate surface area is 90.6 Å². The van der Waals surface area contributed by atoms with E-state index in [-0.39, 0.29) is 0 Å². The van der Waals surface area contributed by atoms with Gasteiger partial charge in [0.05, 0.1) is 12.9 Å². The van der Waals surface area contributed by atoms with Crippen LogP contribution in [0.3, 0.4) is 0 Å². The van der Waals surface area contributed by atoms with Crippen LogP contribution >= 0.6 is 0 Å². The Balaban J connectivity index is 1.66. The summed E-state index contributed by atoms with van der Waals surface area (Å²) in [6, 6.07) is 0.565. The summed E-state index contributed by atoms with van der Waals surface area (Å²) in [6.07, 6.45) is 6.85. The summed E-state index contributed by atoms with van der Waals surface area (Å²) in [5.74, 6) is 0.625. The zero-order chi connectivity index (χ0) is 10.5. The minimum Gasteiger partial charge on any atom is -0.380 e. The fourth-order valence-electron chi connectivity index (χ4n) is 1.88. The van der Waals surface area contributed by atoms with Gasteiger partial charge in [-0.3, -0.25) is 0 Å². The van der Waals surface area contributed by atoms with Crippen LogP contribution < -0.4 is 5.32 Å². The van der Waals surface area contributed by atoms with Crippen LogP contribution in [0, 0.1) is 5.92 Å². The molecule has 0 amide bonds. The van der Waals surface area contributed by atoms with Crippen molar-refractivity contribution >= 4 is 0 Å². The van der Waals surface area contributed by atoms with Gasteiger partial charge >= 0.3 is 0 Å². The highest BCUT2D eigenvalue weighted by atomic mass is 16.5. The van der Waals surface area contributed by atoms with E-state index in [1.165, 1.54) is 0 Å². The van der Waals surface area contributed by atoms with Gasteiger partial charge in [-0.2, -0.15) is 0 Å². The average Bonchev–Trinajstić information content (AvgIpc) is 2.86. The van der Waals surface area contributed by atoms with E-state index in [2.05, 4.69) is 21.8 Å². The van der Waals surface area contributed by atoms with Crippen molar-refractivity contribution in [1.29, 1.82) is 0 Å². The van der Waals surface area contributed by atoms with Gasteiger partial charge in [0, 0.05) is 31.6 Å². The van der Waals surface area contributed by atoms with Crippen molar-refractivity contribution in [2.75, 3.05) is 19.8 Å². The molecule has 1 N–H and O–H groups in total. The standard InChI is InChI=1S/C11H19N3O/c1-10(7-14-4-3-12-9-14)6-13-11-2-5-15-8-11/h3-4,9-11,13H,2,5-8H2,1H3. The number of aromatic nitrogens is 2. The van der Waals surface area contributed by atoms with Gasteiger partial charge in [-0.15, -0.1) is 0 Å². The molecule has 1 aromatic heterocycles. The first-order chi connectivity index (χ1) is 7.34. The second-order valence-corrected chi connectivity index (χ2v) is 4.33. The fourth-order valence-corrected chi connectivity index (χ4v) is 1.88. The number of nitrogens with zero attached hydrogens (tertiary/aromatic N) is 2. The second kappa shape index (κ2) is 5.28. The van der Waals surface area contributed by atoms with Crippen molar-refractivity contribution in [1.82, 2.24) is 14.9 Å². The van der Waals surface area contributed by atoms with Gasteiger partial charge in [-0.25, -0.2) is 4.98 Å². The summed E-state index contributed by atoms with van der Waals surface area (Å²) < 4.78 is 7.44. The van der Waals surface area contributed by atoms with E-state index in [0.29, 0.717) is 12.0 Å². The molecule has 0 spiro atoms. The van der Waals surface area contributed by atoms with Gasteiger partial charge in [0.15, 0.2) is 0 Å². The third-order valence-electron chi connectivity index (χ3n) is 2.77. The molecule has 1 aliphatic rings. The topological polar surface area (TPSA) is 39.1 Å². The molecule has 84 valence electrons. The number of ether oxygens (including phenoxy) is 1. The lowest BCUT2D eigenvalue weighted by molar-refractivity contribution is 0.189. The van der Waals surface area contributed by atoms with Crippen molar-refractivity contribution in [3.63, 3.8) is 0 Å². The van der Waals surface area contributed by atoms with Crippen LogP contribution in [0.4, 0.5) is 0 Å². The first kappa shape index (κ1) is 10.6. The zero-order valence-electron chi connectivity index (χ0n) is 9.22. The van der Waals surface area contributed by atoms with Crippen molar-refractivity contribution in [3.05, 3.63) is 18.7 Å². The van der Waals surface area contributed by atoms with Crippen LogP contribution in [-0.2, 0) is 11.3 Å². The Kier molecular flexibility index (Phi) is 3.75. The highest BCUT2D eigenvalue weighted by Gasteiger charge is 2.15. The van der Waals surface area contributed by atoms with Crippen LogP contribution in [0.2, 0.25) is 0 Å². The summed E-state index contributed by atoms with van der Waals surface area (Å²) in [6.45, 7) is 6.11. The van der Waals surface area contributed by atoms with Gasteiger partial charge in [0.2, 0.25) is 0 Å². The Morgan fingerprint density at radius 1 is 1.67 bits per heavy atom. The molecule has 2 unspecified atom stereocenters. The van der Waals surface area contributed by atoms with Gasteiger partial charge in [-0.1, -0.05) is 6.92 Å². The SMILES string of the molecule is CC(CNC1CCOC1)Cn1ccnc1. The molecule has 1 saturated heterocycles. The summed E-state index contributed by atoms with van der Waals surface area (Å²) in [7, 11) is 0. The molecular formula is C11H19N3O. The fraction of sp³-hybridized carbons (Fsp3) is 0.727. The zero-order valence-corrected chi connectivity index (χ0v) is 9.22. The maximum atomic E-state index is 5.32. The Morgan fingerprint density at radius 3 is 3.27 bits per heavy atom. The van der Waals surface area contributed by atoms with Crippen LogP contribution in [0.25, 0.3) is 0 Å². The van der Waals surface area contributed by atoms with Gasteiger partial charge < -0.3 is 14.6 Å². The third-order valence-corrected chi connectivity index (χ3v) is 2.77. The molecular weight excluding hydrogens is 190 g/mol. The van der Waals surface area contributed by atoms with E-state index < -0.39 is 0 Å². The van der Waals surface area contributed by atoms with Crippen LogP contribution in [-0.4, -0.2) is 35.4 Å². The van der Waals surface area contributed by atoms with Crippen molar-refractivity contribution < 1.29 is 4.74 Å². The van der Waals surface area contributed by atoms with Gasteiger partial charge in [-0.05, 0) is 18.9 Å². The lowest BCUT2D eigenvalue weighted by atomic mass is 10.1. The predicted octanol–water partition coefficient (Wildman–Crippen LogP) is 0.898. The smallest absolute Gasteiger partial charge is 0.0946 e. The van der Waals surface area contributed by atoms with Crippen molar-refractivity contribution in [2.24, 2.45) is 5.92 Å². The maximum absolute atomic E-state index is 5.32. The van der Waals surface area contributed by atoms with Crippen LogP contribution in [0.15, 0.2) is 18.7 Å². The monoisotopic (exact) mass is 209 g/mol. The highest BCUT2D eigenvalue weighted by molar-refractivity contribution is 4.77. The molecule has 2 heterocycles. The molecule has 0 aliphatic carbocycles. The minimum absolute atomic E-state index is 0.565. The quantitative estimate of drug-likeness (QED) is 0.783. The minimum atomic E-state index is 0.565. The van der Waals surface area contributed by atoms with E-state index in [1.807, 2.05) is 18.7 Å². The molecule has 2 rings (SSSR count). The molecule has 0 radical (unpaired) electrons. The molecule has 0 bridgehead atoms. The van der Waals surface area contributed by atoms with Crippen molar-refractivity contribution in [3.8, 4) is 0 Å². The first-order valence-corrected chi connectivity index (χ1v) is 5.61. The third kappa shape index (κ3) is 3.32. The predicted molar refractivity (Wildman–Crippen MR) is 58.6 cm³/mol. The van der Waals surface area contributed by atoms with Crippen molar-refractivity contribution in [2.45, 2.75) is 25.9 Å². The van der Waals surface area contributed by atoms with Gasteiger partial charge in [0.25, 0.3) is 0 Å². The van der Waals surface area contributed by atoms with E-state index in [1.54, 1.807) is 0 Å². The number of hydrogen-bond donors (Lipinski definition) is 1. The number of hydrogen-bond acceptors (Lipinski definition) is 3. The number of nitrogens with one attached hydrogen (secondary N) is 1. The Morgan fingerprint density at radius 2 is 2.60 bits per heavy atom. The van der Waals surface area contributed by atoms with E-state index in [0.717, 1.165) is 32.7 Å². The molecule has 0 aromatic carbocycles. The lowest BCUT2D eigenvalue weighted by Gasteiger charge is -2.16. The Hall–Kier alpha value is -0.870. The van der Waals surface area contributed by atoms with E-state index >= 15 is 0 Å². The molecule has 2 atom stereocenters. The second-order valence-electron chi connectivity index (χ2n) is 4.33. The summed E-state index contributed by atoms with van der Waals surface area (Å²) in [5.41, 5.74) is 0. The normalized spacial score (nSPS) is 23.1. The lowest BCUT2D eigenvalue weighted by Crippen LogP contribution is -2.34. The van der Waals surface area contributed by atoms with E-state index in [4.69, 9.17) is 4.74 Å². The highest BCUT2D eigenvalue weighted by Crippen LogP contribution is 2.05. The van der Waals surface area contributed by atoms with Crippen LogP contribution in [0.1, 0.15) is 13.3 Å². The molecule has 4 heteroatoms. The van der Waals surface area contributed by atoms with Crippen LogP contribution in [0.5, 0.6) is 0 Å². The molecule has 1 fully saturated rings. The van der Waals surface area contributed by atoms with E-state index in [9.17, 15) is 0 Å². The number of rotatable bonds is 5. The first-order valence-electron chi connectivity index (χ1n) is 5.61. The summed E-state index contributed by atoms with van der Waals surface area (Å²) in [4.78, 5) is 4.04. The summed E-state index contributed by atoms with van der Waals surface area (Å²) in [5, 5.41) is 3.54. The molecule has 1 aromatic rings. The molecule has 15 heavy (non-hydrogen) atoms. The molecule has 0 saturated carbocycles. The number of imidazole rings is 1. The van der Waals surface area contributed by atoms with Gasteiger partial charge in [0.1, 0.15) is 0 Å². The maximum Gasteiger partial charge on any atom is 0.0946 e. The summed E-state index contributed by atoms with van der Waals surface area (Å²) >= 11 is 0. The largest absolute Gasteiger partial charge is 0.380 e.